The summed E-state index contributed by atoms with van der Waals surface area (Å²) in [6, 6.07) is 10.2. The lowest BCUT2D eigenvalue weighted by Gasteiger charge is -2.22. The minimum Gasteiger partial charge on any atom is -0.316 e. The first-order chi connectivity index (χ1) is 8.38. The van der Waals surface area contributed by atoms with E-state index < -0.39 is 0 Å². The highest BCUT2D eigenvalue weighted by molar-refractivity contribution is 5.32. The molecule has 1 N–H and O–H groups in total. The van der Waals surface area contributed by atoms with Crippen molar-refractivity contribution in [3.8, 4) is 6.07 Å². The summed E-state index contributed by atoms with van der Waals surface area (Å²) in [5, 5.41) is 12.3. The molecule has 1 unspecified atom stereocenters. The summed E-state index contributed by atoms with van der Waals surface area (Å²) in [5.41, 5.74) is 2.08. The minimum absolute atomic E-state index is 0.779. The van der Waals surface area contributed by atoms with Crippen molar-refractivity contribution < 1.29 is 0 Å². The second-order valence-corrected chi connectivity index (χ2v) is 4.92. The van der Waals surface area contributed by atoms with Gasteiger partial charge in [0, 0.05) is 0 Å². The Bertz CT molecular complexity index is 386. The zero-order chi connectivity index (χ0) is 11.9. The van der Waals surface area contributed by atoms with Crippen LogP contribution in [0.3, 0.4) is 0 Å². The van der Waals surface area contributed by atoms with Crippen LogP contribution in [0.15, 0.2) is 24.3 Å². The molecule has 0 bridgehead atoms. The number of nitrogens with one attached hydrogen (secondary N) is 1. The maximum absolute atomic E-state index is 8.83. The first kappa shape index (κ1) is 12.1. The predicted molar refractivity (Wildman–Crippen MR) is 69.7 cm³/mol. The molecule has 0 aliphatic carbocycles. The third kappa shape index (κ3) is 3.87. The molecule has 1 aromatic rings. The van der Waals surface area contributed by atoms with Crippen LogP contribution >= 0.6 is 0 Å². The van der Waals surface area contributed by atoms with Gasteiger partial charge in [-0.15, -0.1) is 0 Å². The zero-order valence-electron chi connectivity index (χ0n) is 10.3. The summed E-state index contributed by atoms with van der Waals surface area (Å²) in [4.78, 5) is 0. The number of hydrogen-bond donors (Lipinski definition) is 1. The van der Waals surface area contributed by atoms with Gasteiger partial charge < -0.3 is 5.32 Å². The highest BCUT2D eigenvalue weighted by Crippen LogP contribution is 2.17. The van der Waals surface area contributed by atoms with E-state index >= 15 is 0 Å². The lowest BCUT2D eigenvalue weighted by atomic mass is 9.93. The van der Waals surface area contributed by atoms with Gasteiger partial charge in [-0.2, -0.15) is 5.26 Å². The Labute approximate surface area is 104 Å². The van der Waals surface area contributed by atoms with Crippen molar-refractivity contribution >= 4 is 0 Å². The summed E-state index contributed by atoms with van der Waals surface area (Å²) in [5.74, 6) is 0.864. The predicted octanol–water partition coefficient (Wildman–Crippen LogP) is 2.88. The average Bonchev–Trinajstić information content (AvgIpc) is 2.40. The van der Waals surface area contributed by atoms with Crippen molar-refractivity contribution in [2.24, 2.45) is 5.92 Å². The third-order valence-electron chi connectivity index (χ3n) is 3.53. The van der Waals surface area contributed by atoms with Crippen LogP contribution in [0.1, 0.15) is 36.8 Å². The van der Waals surface area contributed by atoms with Gasteiger partial charge in [-0.1, -0.05) is 12.1 Å². The summed E-state index contributed by atoms with van der Waals surface area (Å²) < 4.78 is 0. The highest BCUT2D eigenvalue weighted by Gasteiger charge is 2.12. The summed E-state index contributed by atoms with van der Waals surface area (Å²) in [6.45, 7) is 2.39. The molecular formula is C15H20N2. The van der Waals surface area contributed by atoms with E-state index in [2.05, 4.69) is 17.5 Å². The molecule has 90 valence electrons. The summed E-state index contributed by atoms with van der Waals surface area (Å²) >= 11 is 0. The number of nitrogens with zero attached hydrogens (tertiary/aromatic N) is 1. The van der Waals surface area contributed by atoms with Crippen molar-refractivity contribution in [1.29, 1.82) is 5.26 Å². The number of rotatable bonds is 4. The number of aryl methyl sites for hydroxylation is 1. The molecule has 1 aliphatic heterocycles. The van der Waals surface area contributed by atoms with Gasteiger partial charge in [-0.25, -0.2) is 0 Å². The molecule has 2 heteroatoms. The molecular weight excluding hydrogens is 208 g/mol. The standard InChI is InChI=1S/C15H20N2/c16-11-15-7-2-5-13(10-15)4-1-6-14-8-3-9-17-12-14/h2,5,7,10,14,17H,1,3-4,6,8-9,12H2. The Hall–Kier alpha value is -1.33. The quantitative estimate of drug-likeness (QED) is 0.860. The van der Waals surface area contributed by atoms with E-state index in [4.69, 9.17) is 5.26 Å². The van der Waals surface area contributed by atoms with Crippen molar-refractivity contribution in [2.45, 2.75) is 32.1 Å². The molecule has 1 saturated heterocycles. The number of hydrogen-bond acceptors (Lipinski definition) is 2. The fourth-order valence-corrected chi connectivity index (χ4v) is 2.56. The van der Waals surface area contributed by atoms with E-state index in [-0.39, 0.29) is 0 Å². The van der Waals surface area contributed by atoms with Crippen LogP contribution in [0.25, 0.3) is 0 Å². The smallest absolute Gasteiger partial charge is 0.0991 e. The van der Waals surface area contributed by atoms with Crippen LogP contribution in [0, 0.1) is 17.2 Å². The third-order valence-corrected chi connectivity index (χ3v) is 3.53. The first-order valence-corrected chi connectivity index (χ1v) is 6.58. The van der Waals surface area contributed by atoms with Crippen molar-refractivity contribution in [3.05, 3.63) is 35.4 Å². The topological polar surface area (TPSA) is 35.8 Å². The van der Waals surface area contributed by atoms with Crippen LogP contribution in [-0.2, 0) is 6.42 Å². The van der Waals surface area contributed by atoms with E-state index in [0.29, 0.717) is 0 Å². The molecule has 1 aromatic carbocycles. The minimum atomic E-state index is 0.779. The Morgan fingerprint density at radius 2 is 2.35 bits per heavy atom. The average molecular weight is 228 g/mol. The number of piperidine rings is 1. The van der Waals surface area contributed by atoms with Crippen LogP contribution in [0.2, 0.25) is 0 Å². The molecule has 0 spiro atoms. The molecule has 1 aliphatic rings. The molecule has 2 nitrogen and oxygen atoms in total. The molecule has 17 heavy (non-hydrogen) atoms. The van der Waals surface area contributed by atoms with Gasteiger partial charge >= 0.3 is 0 Å². The van der Waals surface area contributed by atoms with Crippen molar-refractivity contribution in [1.82, 2.24) is 5.32 Å². The van der Waals surface area contributed by atoms with Crippen LogP contribution in [0.4, 0.5) is 0 Å². The summed E-state index contributed by atoms with van der Waals surface area (Å²) in [6.07, 6.45) is 6.36. The lowest BCUT2D eigenvalue weighted by Crippen LogP contribution is -2.29. The molecule has 0 aromatic heterocycles. The van der Waals surface area contributed by atoms with Gasteiger partial charge in [0.05, 0.1) is 11.6 Å². The van der Waals surface area contributed by atoms with Gasteiger partial charge in [-0.3, -0.25) is 0 Å². The second kappa shape index (κ2) is 6.42. The Balaban J connectivity index is 1.75. The highest BCUT2D eigenvalue weighted by atomic mass is 14.9. The Morgan fingerprint density at radius 1 is 1.41 bits per heavy atom. The second-order valence-electron chi connectivity index (χ2n) is 4.92. The Morgan fingerprint density at radius 3 is 3.12 bits per heavy atom. The molecule has 1 heterocycles. The monoisotopic (exact) mass is 228 g/mol. The normalized spacial score (nSPS) is 19.8. The fraction of sp³-hybridized carbons (Fsp3) is 0.533. The fourth-order valence-electron chi connectivity index (χ4n) is 2.56. The van der Waals surface area contributed by atoms with Crippen molar-refractivity contribution in [2.75, 3.05) is 13.1 Å². The van der Waals surface area contributed by atoms with Gasteiger partial charge in [0.1, 0.15) is 0 Å². The number of benzene rings is 1. The van der Waals surface area contributed by atoms with Gasteiger partial charge in [-0.05, 0) is 68.8 Å². The maximum Gasteiger partial charge on any atom is 0.0991 e. The van der Waals surface area contributed by atoms with E-state index in [1.807, 2.05) is 18.2 Å². The van der Waals surface area contributed by atoms with Crippen LogP contribution in [0.5, 0.6) is 0 Å². The molecule has 1 fully saturated rings. The summed E-state index contributed by atoms with van der Waals surface area (Å²) in [7, 11) is 0. The lowest BCUT2D eigenvalue weighted by molar-refractivity contribution is 0.351. The van der Waals surface area contributed by atoms with E-state index in [1.165, 1.54) is 44.3 Å². The molecule has 0 amide bonds. The SMILES string of the molecule is N#Cc1cccc(CCCC2CCCNC2)c1. The van der Waals surface area contributed by atoms with Gasteiger partial charge in [0.15, 0.2) is 0 Å². The Kier molecular flexibility index (Phi) is 4.58. The van der Waals surface area contributed by atoms with Crippen LogP contribution < -0.4 is 5.32 Å². The number of nitriles is 1. The molecule has 0 saturated carbocycles. The molecule has 1 atom stereocenters. The van der Waals surface area contributed by atoms with Crippen LogP contribution in [-0.4, -0.2) is 13.1 Å². The first-order valence-electron chi connectivity index (χ1n) is 6.58. The zero-order valence-corrected chi connectivity index (χ0v) is 10.3. The van der Waals surface area contributed by atoms with E-state index in [9.17, 15) is 0 Å². The van der Waals surface area contributed by atoms with E-state index in [1.54, 1.807) is 0 Å². The largest absolute Gasteiger partial charge is 0.316 e. The van der Waals surface area contributed by atoms with Crippen molar-refractivity contribution in [3.63, 3.8) is 0 Å². The molecule has 2 rings (SSSR count). The van der Waals surface area contributed by atoms with Gasteiger partial charge in [0.2, 0.25) is 0 Å². The molecule has 0 radical (unpaired) electrons. The maximum atomic E-state index is 8.83. The van der Waals surface area contributed by atoms with E-state index in [0.717, 1.165) is 17.9 Å². The van der Waals surface area contributed by atoms with Gasteiger partial charge in [0.25, 0.3) is 0 Å².